The molecule has 1 saturated heterocycles. The van der Waals surface area contributed by atoms with Crippen molar-refractivity contribution in [2.75, 3.05) is 13.7 Å². The molecule has 0 amide bonds. The Hall–Kier alpha value is -0.960. The number of aryl methyl sites for hydroxylation is 1. The van der Waals surface area contributed by atoms with Crippen molar-refractivity contribution in [3.63, 3.8) is 0 Å². The molecule has 1 aliphatic carbocycles. The summed E-state index contributed by atoms with van der Waals surface area (Å²) in [4.78, 5) is 0.262. The Morgan fingerprint density at radius 3 is 2.81 bits per heavy atom. The van der Waals surface area contributed by atoms with Gasteiger partial charge in [0.25, 0.3) is 0 Å². The van der Waals surface area contributed by atoms with Gasteiger partial charge in [-0.15, -0.1) is 0 Å². The van der Waals surface area contributed by atoms with E-state index in [0.717, 1.165) is 19.3 Å². The Balaban J connectivity index is 1.81. The van der Waals surface area contributed by atoms with Crippen molar-refractivity contribution in [2.24, 2.45) is 5.92 Å². The average Bonchev–Trinajstić information content (AvgIpc) is 3.05. The predicted octanol–water partition coefficient (Wildman–Crippen LogP) is 0.283. The molecule has 2 atom stereocenters. The Labute approximate surface area is 124 Å². The minimum Gasteiger partial charge on any atom is -0.376 e. The molecule has 2 fully saturated rings. The van der Waals surface area contributed by atoms with Gasteiger partial charge >= 0.3 is 0 Å². The molecule has 8 heteroatoms. The maximum absolute atomic E-state index is 12.7. The fraction of sp³-hybridized carbons (Fsp3) is 0.769. The lowest BCUT2D eigenvalue weighted by Crippen LogP contribution is -2.41. The summed E-state index contributed by atoms with van der Waals surface area (Å²) >= 11 is 0. The van der Waals surface area contributed by atoms with Crippen LogP contribution in [-0.4, -0.2) is 44.4 Å². The van der Waals surface area contributed by atoms with Crippen molar-refractivity contribution in [3.05, 3.63) is 11.4 Å². The highest BCUT2D eigenvalue weighted by atomic mass is 32.2. The second-order valence-electron chi connectivity index (χ2n) is 5.84. The molecule has 2 heterocycles. The number of ether oxygens (including phenoxy) is 1. The van der Waals surface area contributed by atoms with Crippen LogP contribution in [0.15, 0.2) is 4.90 Å². The average molecular weight is 314 g/mol. The lowest BCUT2D eigenvalue weighted by Gasteiger charge is -2.19. The molecule has 0 spiro atoms. The van der Waals surface area contributed by atoms with Crippen LogP contribution >= 0.6 is 0 Å². The summed E-state index contributed by atoms with van der Waals surface area (Å²) < 4.78 is 33.9. The summed E-state index contributed by atoms with van der Waals surface area (Å²) in [6.07, 6.45) is 3.04. The highest BCUT2D eigenvalue weighted by molar-refractivity contribution is 7.89. The van der Waals surface area contributed by atoms with Crippen molar-refractivity contribution in [2.45, 2.75) is 49.8 Å². The van der Waals surface area contributed by atoms with Crippen molar-refractivity contribution >= 4 is 10.0 Å². The SMILES string of the molecule is CNCc1n[nH]c(C)c1S(=O)(=O)NC1CCOC1C1CC1. The van der Waals surface area contributed by atoms with E-state index in [0.29, 0.717) is 30.5 Å². The second kappa shape index (κ2) is 5.68. The first-order valence-corrected chi connectivity index (χ1v) is 8.83. The molecule has 2 aliphatic rings. The van der Waals surface area contributed by atoms with Gasteiger partial charge in [0.1, 0.15) is 4.90 Å². The Morgan fingerprint density at radius 1 is 1.38 bits per heavy atom. The van der Waals surface area contributed by atoms with E-state index in [9.17, 15) is 8.42 Å². The lowest BCUT2D eigenvalue weighted by molar-refractivity contribution is 0.0848. The van der Waals surface area contributed by atoms with E-state index in [1.165, 1.54) is 0 Å². The van der Waals surface area contributed by atoms with Gasteiger partial charge in [-0.2, -0.15) is 5.10 Å². The molecule has 21 heavy (non-hydrogen) atoms. The maximum Gasteiger partial charge on any atom is 0.244 e. The normalized spacial score (nSPS) is 26.4. The number of aromatic amines is 1. The van der Waals surface area contributed by atoms with Crippen LogP contribution < -0.4 is 10.0 Å². The van der Waals surface area contributed by atoms with E-state index in [-0.39, 0.29) is 17.0 Å². The molecule has 7 nitrogen and oxygen atoms in total. The topological polar surface area (TPSA) is 96.1 Å². The largest absolute Gasteiger partial charge is 0.376 e. The number of rotatable bonds is 6. The van der Waals surface area contributed by atoms with Gasteiger partial charge in [-0.1, -0.05) is 0 Å². The van der Waals surface area contributed by atoms with Crippen LogP contribution in [0.1, 0.15) is 30.7 Å². The van der Waals surface area contributed by atoms with Gasteiger partial charge in [-0.3, -0.25) is 5.10 Å². The monoisotopic (exact) mass is 314 g/mol. The van der Waals surface area contributed by atoms with Gasteiger partial charge in [-0.05, 0) is 39.2 Å². The van der Waals surface area contributed by atoms with Gasteiger partial charge in [0, 0.05) is 13.2 Å². The molecule has 0 aromatic carbocycles. The number of hydrogen-bond acceptors (Lipinski definition) is 5. The van der Waals surface area contributed by atoms with Crippen LogP contribution in [0.5, 0.6) is 0 Å². The summed E-state index contributed by atoms with van der Waals surface area (Å²) in [5, 5.41) is 9.77. The Morgan fingerprint density at radius 2 is 2.14 bits per heavy atom. The predicted molar refractivity (Wildman–Crippen MR) is 77.3 cm³/mol. The number of sulfonamides is 1. The lowest BCUT2D eigenvalue weighted by atomic mass is 10.1. The van der Waals surface area contributed by atoms with Crippen LogP contribution in [0.2, 0.25) is 0 Å². The van der Waals surface area contributed by atoms with Crippen LogP contribution in [0.4, 0.5) is 0 Å². The molecule has 3 rings (SSSR count). The molecule has 1 saturated carbocycles. The number of H-pyrrole nitrogens is 1. The van der Waals surface area contributed by atoms with E-state index in [2.05, 4.69) is 20.2 Å². The van der Waals surface area contributed by atoms with Gasteiger partial charge in [-0.25, -0.2) is 13.1 Å². The zero-order valence-electron chi connectivity index (χ0n) is 12.3. The third-order valence-electron chi connectivity index (χ3n) is 4.10. The molecule has 1 aliphatic heterocycles. The van der Waals surface area contributed by atoms with Crippen LogP contribution in [0, 0.1) is 12.8 Å². The third-order valence-corrected chi connectivity index (χ3v) is 5.80. The summed E-state index contributed by atoms with van der Waals surface area (Å²) in [7, 11) is -1.82. The first-order valence-electron chi connectivity index (χ1n) is 7.35. The fourth-order valence-corrected chi connectivity index (χ4v) is 4.64. The Bertz CT molecular complexity index is 609. The van der Waals surface area contributed by atoms with E-state index in [1.807, 2.05) is 0 Å². The summed E-state index contributed by atoms with van der Waals surface area (Å²) in [6, 6.07) is -0.126. The standard InChI is InChI=1S/C13H22N4O3S/c1-8-13(11(7-14-2)16-15-8)21(18,19)17-10-5-6-20-12(10)9-3-4-9/h9-10,12,14,17H,3-7H2,1-2H3,(H,15,16). The number of aromatic nitrogens is 2. The third kappa shape index (κ3) is 2.98. The number of nitrogens with one attached hydrogen (secondary N) is 3. The Kier molecular flexibility index (Phi) is 4.04. The van der Waals surface area contributed by atoms with Crippen molar-refractivity contribution < 1.29 is 13.2 Å². The van der Waals surface area contributed by atoms with E-state index in [1.54, 1.807) is 14.0 Å². The molecular weight excluding hydrogens is 292 g/mol. The summed E-state index contributed by atoms with van der Waals surface area (Å²) in [6.45, 7) is 2.76. The minimum atomic E-state index is -3.59. The second-order valence-corrected chi connectivity index (χ2v) is 7.49. The van der Waals surface area contributed by atoms with Crippen molar-refractivity contribution in [1.29, 1.82) is 0 Å². The molecule has 1 aromatic heterocycles. The van der Waals surface area contributed by atoms with Gasteiger partial charge in [0.2, 0.25) is 10.0 Å². The van der Waals surface area contributed by atoms with Crippen molar-refractivity contribution in [1.82, 2.24) is 20.2 Å². The fourth-order valence-electron chi connectivity index (χ4n) is 3.00. The zero-order chi connectivity index (χ0) is 15.0. The molecule has 0 radical (unpaired) electrons. The van der Waals surface area contributed by atoms with Crippen LogP contribution in [0.3, 0.4) is 0 Å². The quantitative estimate of drug-likeness (QED) is 0.701. The van der Waals surface area contributed by atoms with Crippen LogP contribution in [-0.2, 0) is 21.3 Å². The van der Waals surface area contributed by atoms with Crippen molar-refractivity contribution in [3.8, 4) is 0 Å². The summed E-state index contributed by atoms with van der Waals surface area (Å²) in [5.74, 6) is 0.516. The highest BCUT2D eigenvalue weighted by Crippen LogP contribution is 2.39. The zero-order valence-corrected chi connectivity index (χ0v) is 13.2. The minimum absolute atomic E-state index is 0.0275. The van der Waals surface area contributed by atoms with Gasteiger partial charge in [0.15, 0.2) is 0 Å². The molecule has 118 valence electrons. The van der Waals surface area contributed by atoms with E-state index >= 15 is 0 Å². The smallest absolute Gasteiger partial charge is 0.244 e. The summed E-state index contributed by atoms with van der Waals surface area (Å²) in [5.41, 5.74) is 1.08. The van der Waals surface area contributed by atoms with Gasteiger partial charge < -0.3 is 10.1 Å². The van der Waals surface area contributed by atoms with E-state index < -0.39 is 10.0 Å². The molecule has 3 N–H and O–H groups in total. The van der Waals surface area contributed by atoms with E-state index in [4.69, 9.17) is 4.74 Å². The number of hydrogen-bond donors (Lipinski definition) is 3. The molecule has 0 bridgehead atoms. The van der Waals surface area contributed by atoms with Gasteiger partial charge in [0.05, 0.1) is 23.5 Å². The molecule has 1 aromatic rings. The first kappa shape index (κ1) is 15.0. The maximum atomic E-state index is 12.7. The molecular formula is C13H22N4O3S. The van der Waals surface area contributed by atoms with Crippen LogP contribution in [0.25, 0.3) is 0 Å². The highest BCUT2D eigenvalue weighted by Gasteiger charge is 2.42. The number of nitrogens with zero attached hydrogens (tertiary/aromatic N) is 1. The molecule has 2 unspecified atom stereocenters. The first-order chi connectivity index (χ1) is 10.0.